The van der Waals surface area contributed by atoms with Crippen molar-refractivity contribution in [2.24, 2.45) is 16.8 Å². The molecule has 1 aliphatic heterocycles. The van der Waals surface area contributed by atoms with E-state index in [0.29, 0.717) is 18.4 Å². The van der Waals surface area contributed by atoms with Gasteiger partial charge in [0.2, 0.25) is 0 Å². The van der Waals surface area contributed by atoms with Crippen LogP contribution in [0.3, 0.4) is 0 Å². The summed E-state index contributed by atoms with van der Waals surface area (Å²) in [4.78, 5) is 21.0. The molecule has 1 unspecified atom stereocenters. The minimum Gasteiger partial charge on any atom is -0.444 e. The molecule has 170 valence electrons. The molecule has 2 rings (SSSR count). The molecule has 1 amide bonds. The van der Waals surface area contributed by atoms with Gasteiger partial charge in [-0.05, 0) is 58.4 Å². The van der Waals surface area contributed by atoms with Crippen molar-refractivity contribution in [3.05, 3.63) is 18.5 Å². The highest BCUT2D eigenvalue weighted by atomic mass is 16.6. The number of aliphatic imine (C=N–C) groups is 1. The van der Waals surface area contributed by atoms with Crippen LogP contribution in [-0.2, 0) is 11.3 Å². The smallest absolute Gasteiger partial charge is 0.410 e. The molecule has 0 bridgehead atoms. The first kappa shape index (κ1) is 24.0. The summed E-state index contributed by atoms with van der Waals surface area (Å²) in [6.45, 7) is 15.0. The Morgan fingerprint density at radius 3 is 2.60 bits per heavy atom. The molecule has 0 spiro atoms. The molecular weight excluding hydrogens is 380 g/mol. The lowest BCUT2D eigenvalue weighted by Crippen LogP contribution is -2.48. The van der Waals surface area contributed by atoms with Gasteiger partial charge in [0.05, 0.1) is 0 Å². The van der Waals surface area contributed by atoms with Crippen LogP contribution in [0.4, 0.5) is 4.79 Å². The molecule has 8 nitrogen and oxygen atoms in total. The van der Waals surface area contributed by atoms with Gasteiger partial charge in [0.1, 0.15) is 5.60 Å². The predicted octanol–water partition coefficient (Wildman–Crippen LogP) is 3.06. The summed E-state index contributed by atoms with van der Waals surface area (Å²) in [6, 6.07) is 1.95. The second-order valence-electron chi connectivity index (χ2n) is 9.21. The van der Waals surface area contributed by atoms with Crippen LogP contribution in [-0.4, -0.2) is 77.0 Å². The summed E-state index contributed by atoms with van der Waals surface area (Å²) in [6.07, 6.45) is 5.68. The molecule has 0 saturated carbocycles. The van der Waals surface area contributed by atoms with Crippen molar-refractivity contribution in [2.75, 3.05) is 39.8 Å². The van der Waals surface area contributed by atoms with E-state index in [4.69, 9.17) is 4.74 Å². The SMILES string of the molecule is CCN(CC1CCN(C(=NC)NCC(C)Cn2cccn2)CC1)C(=O)OC(C)(C)C. The predicted molar refractivity (Wildman–Crippen MR) is 121 cm³/mol. The molecule has 0 radical (unpaired) electrons. The summed E-state index contributed by atoms with van der Waals surface area (Å²) in [5.74, 6) is 1.90. The van der Waals surface area contributed by atoms with Crippen LogP contribution in [0.2, 0.25) is 0 Å². The number of rotatable bonds is 7. The molecule has 1 saturated heterocycles. The number of carbonyl (C=O) groups excluding carboxylic acids is 1. The Balaban J connectivity index is 1.76. The Kier molecular flexibility index (Phi) is 8.99. The van der Waals surface area contributed by atoms with E-state index in [0.717, 1.165) is 51.5 Å². The Labute approximate surface area is 181 Å². The highest BCUT2D eigenvalue weighted by Crippen LogP contribution is 2.20. The summed E-state index contributed by atoms with van der Waals surface area (Å²) < 4.78 is 7.51. The lowest BCUT2D eigenvalue weighted by Gasteiger charge is -2.36. The van der Waals surface area contributed by atoms with E-state index in [9.17, 15) is 4.79 Å². The third-order valence-electron chi connectivity index (χ3n) is 5.30. The van der Waals surface area contributed by atoms with Gasteiger partial charge in [-0.1, -0.05) is 6.92 Å². The third-order valence-corrected chi connectivity index (χ3v) is 5.30. The van der Waals surface area contributed by atoms with Crippen molar-refractivity contribution >= 4 is 12.1 Å². The molecule has 1 atom stereocenters. The number of carbonyl (C=O) groups is 1. The summed E-state index contributed by atoms with van der Waals surface area (Å²) in [7, 11) is 1.84. The van der Waals surface area contributed by atoms with Gasteiger partial charge in [0, 0.05) is 58.7 Å². The first-order chi connectivity index (χ1) is 14.2. The zero-order chi connectivity index (χ0) is 22.1. The van der Waals surface area contributed by atoms with E-state index < -0.39 is 5.60 Å². The lowest BCUT2D eigenvalue weighted by atomic mass is 9.96. The van der Waals surface area contributed by atoms with Crippen LogP contribution in [0.25, 0.3) is 0 Å². The van der Waals surface area contributed by atoms with E-state index in [-0.39, 0.29) is 6.09 Å². The summed E-state index contributed by atoms with van der Waals surface area (Å²) >= 11 is 0. The second kappa shape index (κ2) is 11.2. The number of likely N-dealkylation sites (tertiary alicyclic amines) is 1. The van der Waals surface area contributed by atoms with Gasteiger partial charge in [-0.15, -0.1) is 0 Å². The van der Waals surface area contributed by atoms with Gasteiger partial charge in [-0.25, -0.2) is 4.79 Å². The Morgan fingerprint density at radius 1 is 1.37 bits per heavy atom. The molecule has 0 aliphatic carbocycles. The minimum absolute atomic E-state index is 0.212. The zero-order valence-electron chi connectivity index (χ0n) is 19.6. The first-order valence-electron chi connectivity index (χ1n) is 11.1. The van der Waals surface area contributed by atoms with Crippen molar-refractivity contribution in [3.8, 4) is 0 Å². The lowest BCUT2D eigenvalue weighted by molar-refractivity contribution is 0.0214. The van der Waals surface area contributed by atoms with Crippen LogP contribution in [0, 0.1) is 11.8 Å². The molecule has 8 heteroatoms. The van der Waals surface area contributed by atoms with E-state index in [2.05, 4.69) is 27.2 Å². The number of amides is 1. The van der Waals surface area contributed by atoms with E-state index >= 15 is 0 Å². The molecule has 1 aromatic rings. The van der Waals surface area contributed by atoms with Crippen LogP contribution < -0.4 is 5.32 Å². The maximum atomic E-state index is 12.4. The van der Waals surface area contributed by atoms with Gasteiger partial charge in [0.15, 0.2) is 5.96 Å². The van der Waals surface area contributed by atoms with Crippen molar-refractivity contribution < 1.29 is 9.53 Å². The zero-order valence-corrected chi connectivity index (χ0v) is 19.6. The molecule has 1 aliphatic rings. The fourth-order valence-corrected chi connectivity index (χ4v) is 3.69. The van der Waals surface area contributed by atoms with Gasteiger partial charge in [-0.3, -0.25) is 9.67 Å². The first-order valence-corrected chi connectivity index (χ1v) is 11.1. The monoisotopic (exact) mass is 420 g/mol. The molecule has 0 aromatic carbocycles. The maximum Gasteiger partial charge on any atom is 0.410 e. The Hall–Kier alpha value is -2.25. The van der Waals surface area contributed by atoms with E-state index in [1.54, 1.807) is 0 Å². The van der Waals surface area contributed by atoms with E-state index in [1.165, 1.54) is 0 Å². The maximum absolute atomic E-state index is 12.4. The minimum atomic E-state index is -0.458. The highest BCUT2D eigenvalue weighted by molar-refractivity contribution is 5.80. The van der Waals surface area contributed by atoms with E-state index in [1.807, 2.05) is 62.8 Å². The van der Waals surface area contributed by atoms with Crippen LogP contribution in [0.15, 0.2) is 23.5 Å². The average molecular weight is 421 g/mol. The highest BCUT2D eigenvalue weighted by Gasteiger charge is 2.27. The number of guanidine groups is 1. The van der Waals surface area contributed by atoms with Crippen molar-refractivity contribution in [2.45, 2.75) is 59.6 Å². The molecule has 1 fully saturated rings. The number of nitrogens with zero attached hydrogens (tertiary/aromatic N) is 5. The fraction of sp³-hybridized carbons (Fsp3) is 0.773. The van der Waals surface area contributed by atoms with Gasteiger partial charge >= 0.3 is 6.09 Å². The standard InChI is InChI=1S/C22H40N6O2/c1-7-26(21(29)30-22(3,4)5)17-19-9-13-27(14-10-19)20(23-6)24-15-18(2)16-28-12-8-11-25-28/h8,11-12,18-19H,7,9-10,13-17H2,1-6H3,(H,23,24). The molecular formula is C22H40N6O2. The van der Waals surface area contributed by atoms with Gasteiger partial charge < -0.3 is 19.9 Å². The third kappa shape index (κ3) is 7.88. The number of piperidine rings is 1. The number of hydrogen-bond donors (Lipinski definition) is 1. The average Bonchev–Trinajstić information content (AvgIpc) is 3.19. The van der Waals surface area contributed by atoms with Crippen molar-refractivity contribution in [3.63, 3.8) is 0 Å². The molecule has 1 N–H and O–H groups in total. The number of ether oxygens (including phenoxy) is 1. The van der Waals surface area contributed by atoms with Crippen LogP contribution in [0.5, 0.6) is 0 Å². The summed E-state index contributed by atoms with van der Waals surface area (Å²) in [5, 5.41) is 7.79. The number of nitrogens with one attached hydrogen (secondary N) is 1. The van der Waals surface area contributed by atoms with Gasteiger partial charge in [0.25, 0.3) is 0 Å². The van der Waals surface area contributed by atoms with Crippen LogP contribution >= 0.6 is 0 Å². The topological polar surface area (TPSA) is 75.0 Å². The van der Waals surface area contributed by atoms with Crippen LogP contribution in [0.1, 0.15) is 47.5 Å². The van der Waals surface area contributed by atoms with Gasteiger partial charge in [-0.2, -0.15) is 5.10 Å². The quantitative estimate of drug-likeness (QED) is 0.542. The summed E-state index contributed by atoms with van der Waals surface area (Å²) in [5.41, 5.74) is -0.458. The largest absolute Gasteiger partial charge is 0.444 e. The van der Waals surface area contributed by atoms with Crippen molar-refractivity contribution in [1.82, 2.24) is 24.9 Å². The number of aromatic nitrogens is 2. The molecule has 1 aromatic heterocycles. The number of hydrogen-bond acceptors (Lipinski definition) is 4. The Morgan fingerprint density at radius 2 is 2.07 bits per heavy atom. The van der Waals surface area contributed by atoms with Crippen molar-refractivity contribution in [1.29, 1.82) is 0 Å². The fourth-order valence-electron chi connectivity index (χ4n) is 3.69. The normalized spacial score (nSPS) is 17.0. The molecule has 2 heterocycles. The Bertz CT molecular complexity index is 660. The second-order valence-corrected chi connectivity index (χ2v) is 9.21. The molecule has 30 heavy (non-hydrogen) atoms.